The van der Waals surface area contributed by atoms with Gasteiger partial charge < -0.3 is 0 Å². The van der Waals surface area contributed by atoms with E-state index in [1.165, 1.54) is 0 Å². The molecule has 6 heteroatoms. The molecule has 2 heterocycles. The summed E-state index contributed by atoms with van der Waals surface area (Å²) >= 11 is 0. The fourth-order valence-corrected chi connectivity index (χ4v) is 4.81. The molecular weight excluding hydrogens is 382 g/mol. The molecule has 0 fully saturated rings. The number of pyridine rings is 1. The lowest BCUT2D eigenvalue weighted by Gasteiger charge is -2.12. The molecular formula is C23H23N3O2S. The van der Waals surface area contributed by atoms with Gasteiger partial charge in [0, 0.05) is 23.2 Å². The van der Waals surface area contributed by atoms with Crippen LogP contribution >= 0.6 is 0 Å². The van der Waals surface area contributed by atoms with Gasteiger partial charge in [-0.15, -0.1) is 0 Å². The van der Waals surface area contributed by atoms with E-state index in [9.17, 15) is 8.42 Å². The van der Waals surface area contributed by atoms with E-state index in [2.05, 4.69) is 23.9 Å². The molecule has 0 spiro atoms. The summed E-state index contributed by atoms with van der Waals surface area (Å²) in [5, 5.41) is 6.54. The number of fused-ring (bicyclic) bond motifs is 1. The molecule has 0 amide bonds. The summed E-state index contributed by atoms with van der Waals surface area (Å²) in [6.45, 7) is 6.05. The second-order valence-corrected chi connectivity index (χ2v) is 9.54. The van der Waals surface area contributed by atoms with Crippen molar-refractivity contribution in [3.63, 3.8) is 0 Å². The van der Waals surface area contributed by atoms with Crippen LogP contribution in [0.3, 0.4) is 0 Å². The molecule has 4 rings (SSSR count). The van der Waals surface area contributed by atoms with Crippen LogP contribution in [0.2, 0.25) is 0 Å². The summed E-state index contributed by atoms with van der Waals surface area (Å²) in [4.78, 5) is 4.50. The van der Waals surface area contributed by atoms with Gasteiger partial charge in [0.05, 0.1) is 27.7 Å². The van der Waals surface area contributed by atoms with Crippen molar-refractivity contribution >= 4 is 20.6 Å². The smallest absolute Gasteiger partial charge is 0.184 e. The number of benzene rings is 2. The van der Waals surface area contributed by atoms with E-state index >= 15 is 0 Å². The molecule has 0 radical (unpaired) electrons. The molecule has 0 aliphatic carbocycles. The zero-order valence-electron chi connectivity index (χ0n) is 16.7. The van der Waals surface area contributed by atoms with Gasteiger partial charge in [-0.05, 0) is 48.7 Å². The van der Waals surface area contributed by atoms with Gasteiger partial charge in [-0.1, -0.05) is 38.1 Å². The summed E-state index contributed by atoms with van der Waals surface area (Å²) in [6, 6.07) is 16.8. The van der Waals surface area contributed by atoms with Crippen LogP contribution in [0, 0.1) is 6.92 Å². The predicted molar refractivity (Wildman–Crippen MR) is 115 cm³/mol. The monoisotopic (exact) mass is 405 g/mol. The zero-order valence-corrected chi connectivity index (χ0v) is 17.5. The zero-order chi connectivity index (χ0) is 20.6. The van der Waals surface area contributed by atoms with Crippen molar-refractivity contribution in [3.05, 3.63) is 83.9 Å². The minimum atomic E-state index is -3.50. The lowest BCUT2D eigenvalue weighted by molar-refractivity contribution is 0.593. The van der Waals surface area contributed by atoms with E-state index in [4.69, 9.17) is 0 Å². The average molecular weight is 406 g/mol. The van der Waals surface area contributed by atoms with Gasteiger partial charge in [-0.2, -0.15) is 5.10 Å². The first-order valence-electron chi connectivity index (χ1n) is 9.56. The molecule has 5 nitrogen and oxygen atoms in total. The van der Waals surface area contributed by atoms with Crippen molar-refractivity contribution in [2.45, 2.75) is 37.3 Å². The maximum Gasteiger partial charge on any atom is 0.184 e. The minimum Gasteiger partial charge on any atom is -0.264 e. The van der Waals surface area contributed by atoms with Crippen molar-refractivity contribution in [2.24, 2.45) is 0 Å². The van der Waals surface area contributed by atoms with Gasteiger partial charge in [0.15, 0.2) is 9.84 Å². The quantitative estimate of drug-likeness (QED) is 0.477. The maximum atomic E-state index is 13.1. The van der Waals surface area contributed by atoms with Gasteiger partial charge in [-0.3, -0.25) is 4.98 Å². The molecule has 0 aliphatic heterocycles. The number of aromatic nitrogens is 3. The van der Waals surface area contributed by atoms with Gasteiger partial charge in [-0.25, -0.2) is 13.1 Å². The minimum absolute atomic E-state index is 0.115. The highest BCUT2D eigenvalue weighted by atomic mass is 32.2. The average Bonchev–Trinajstić information content (AvgIpc) is 3.06. The van der Waals surface area contributed by atoms with Crippen molar-refractivity contribution < 1.29 is 8.42 Å². The summed E-state index contributed by atoms with van der Waals surface area (Å²) in [5.74, 6) is 0.243. The van der Waals surface area contributed by atoms with Crippen LogP contribution in [0.25, 0.3) is 16.5 Å². The third-order valence-corrected chi connectivity index (χ3v) is 6.70. The molecule has 148 valence electrons. The fraction of sp³-hybridized carbons (Fsp3) is 0.217. The van der Waals surface area contributed by atoms with Crippen LogP contribution in [-0.2, 0) is 15.6 Å². The number of rotatable bonds is 5. The van der Waals surface area contributed by atoms with E-state index in [-0.39, 0.29) is 5.75 Å². The first-order valence-corrected chi connectivity index (χ1v) is 11.2. The maximum absolute atomic E-state index is 13.1. The largest absolute Gasteiger partial charge is 0.264 e. The Balaban J connectivity index is 1.75. The number of aryl methyl sites for hydroxylation is 1. The van der Waals surface area contributed by atoms with Gasteiger partial charge in [0.2, 0.25) is 0 Å². The first kappa shape index (κ1) is 19.3. The summed E-state index contributed by atoms with van der Waals surface area (Å²) in [6.07, 6.45) is 3.52. The highest BCUT2D eigenvalue weighted by Gasteiger charge is 2.20. The molecule has 0 saturated heterocycles. The second kappa shape index (κ2) is 7.44. The molecule has 4 aromatic rings. The van der Waals surface area contributed by atoms with Crippen LogP contribution in [0.1, 0.15) is 36.7 Å². The Morgan fingerprint density at radius 3 is 2.52 bits per heavy atom. The number of hydrogen-bond donors (Lipinski definition) is 0. The highest BCUT2D eigenvalue weighted by molar-refractivity contribution is 7.90. The highest BCUT2D eigenvalue weighted by Crippen LogP contribution is 2.26. The summed E-state index contributed by atoms with van der Waals surface area (Å²) in [7, 11) is -3.50. The molecule has 0 aliphatic rings. The molecule has 0 atom stereocenters. The number of sulfone groups is 1. The van der Waals surface area contributed by atoms with Gasteiger partial charge >= 0.3 is 0 Å². The second-order valence-electron chi connectivity index (χ2n) is 7.55. The van der Waals surface area contributed by atoms with Crippen molar-refractivity contribution in [1.29, 1.82) is 0 Å². The lowest BCUT2D eigenvalue weighted by atomic mass is 10.0. The molecule has 0 saturated carbocycles. The van der Waals surface area contributed by atoms with Crippen LogP contribution in [0.5, 0.6) is 0 Å². The Labute approximate surface area is 171 Å². The van der Waals surface area contributed by atoms with Crippen molar-refractivity contribution in [2.75, 3.05) is 0 Å². The molecule has 0 unspecified atom stereocenters. The molecule has 0 N–H and O–H groups in total. The molecule has 2 aromatic heterocycles. The Kier molecular flexibility index (Phi) is 4.96. The third-order valence-electron chi connectivity index (χ3n) is 5.03. The standard InChI is InChI=1S/C23H23N3O2S/c1-16(2)18-7-9-21(10-8-18)29(27,28)15-20-13-17(3)25-26(20)23-6-4-5-19-14-24-12-11-22(19)23/h4-14,16H,15H2,1-3H3. The molecule has 29 heavy (non-hydrogen) atoms. The van der Waals surface area contributed by atoms with E-state index in [0.717, 1.165) is 27.7 Å². The Hall–Kier alpha value is -2.99. The van der Waals surface area contributed by atoms with E-state index in [0.29, 0.717) is 16.5 Å². The Morgan fingerprint density at radius 1 is 1.03 bits per heavy atom. The lowest BCUT2D eigenvalue weighted by Crippen LogP contribution is -2.10. The van der Waals surface area contributed by atoms with Crippen LogP contribution in [-0.4, -0.2) is 23.2 Å². The number of hydrogen-bond acceptors (Lipinski definition) is 4. The predicted octanol–water partition coefficient (Wildman–Crippen LogP) is 4.83. The van der Waals surface area contributed by atoms with Crippen LogP contribution < -0.4 is 0 Å². The van der Waals surface area contributed by atoms with Crippen molar-refractivity contribution in [1.82, 2.24) is 14.8 Å². The van der Waals surface area contributed by atoms with E-state index in [1.807, 2.05) is 49.4 Å². The fourth-order valence-electron chi connectivity index (χ4n) is 3.49. The Bertz CT molecular complexity index is 1270. The van der Waals surface area contributed by atoms with E-state index < -0.39 is 9.84 Å². The molecule has 0 bridgehead atoms. The summed E-state index contributed by atoms with van der Waals surface area (Å²) < 4.78 is 27.9. The van der Waals surface area contributed by atoms with E-state index in [1.54, 1.807) is 29.2 Å². The number of nitrogens with zero attached hydrogens (tertiary/aromatic N) is 3. The third kappa shape index (κ3) is 3.80. The Morgan fingerprint density at radius 2 is 1.79 bits per heavy atom. The van der Waals surface area contributed by atoms with Crippen molar-refractivity contribution in [3.8, 4) is 5.69 Å². The summed E-state index contributed by atoms with van der Waals surface area (Å²) in [5.41, 5.74) is 3.38. The van der Waals surface area contributed by atoms with Crippen LogP contribution in [0.4, 0.5) is 0 Å². The van der Waals surface area contributed by atoms with Gasteiger partial charge in [0.1, 0.15) is 0 Å². The SMILES string of the molecule is Cc1cc(CS(=O)(=O)c2ccc(C(C)C)cc2)n(-c2cccc3cnccc23)n1. The van der Waals surface area contributed by atoms with Crippen LogP contribution in [0.15, 0.2) is 71.9 Å². The normalized spacial score (nSPS) is 12.0. The topological polar surface area (TPSA) is 64.8 Å². The first-order chi connectivity index (χ1) is 13.8. The molecule has 2 aromatic carbocycles. The van der Waals surface area contributed by atoms with Gasteiger partial charge in [0.25, 0.3) is 0 Å².